The van der Waals surface area contributed by atoms with Crippen LogP contribution in [0.2, 0.25) is 0 Å². The number of hydrogen-bond acceptors (Lipinski definition) is 4. The SMILES string of the molecule is CCOC(=O)CN(C(=O)COC)C(C)C. The van der Waals surface area contributed by atoms with Gasteiger partial charge in [0.2, 0.25) is 5.91 Å². The van der Waals surface area contributed by atoms with Gasteiger partial charge in [-0.1, -0.05) is 0 Å². The van der Waals surface area contributed by atoms with Crippen LogP contribution in [0.4, 0.5) is 0 Å². The third-order valence-corrected chi connectivity index (χ3v) is 1.82. The minimum atomic E-state index is -0.393. The minimum absolute atomic E-state index is 0.0163. The zero-order chi connectivity index (χ0) is 11.8. The van der Waals surface area contributed by atoms with Crippen LogP contribution in [0.5, 0.6) is 0 Å². The van der Waals surface area contributed by atoms with Gasteiger partial charge < -0.3 is 14.4 Å². The molecule has 0 rings (SSSR count). The average Bonchev–Trinajstić information content (AvgIpc) is 2.14. The molecule has 0 unspecified atom stereocenters. The van der Waals surface area contributed by atoms with E-state index in [2.05, 4.69) is 0 Å². The van der Waals surface area contributed by atoms with E-state index < -0.39 is 5.97 Å². The number of ether oxygens (including phenoxy) is 2. The van der Waals surface area contributed by atoms with Gasteiger partial charge in [0.1, 0.15) is 13.2 Å². The molecule has 0 N–H and O–H groups in total. The summed E-state index contributed by atoms with van der Waals surface area (Å²) < 4.78 is 9.51. The zero-order valence-corrected chi connectivity index (χ0v) is 9.78. The molecule has 0 radical (unpaired) electrons. The third kappa shape index (κ3) is 5.37. The molecule has 0 saturated heterocycles. The van der Waals surface area contributed by atoms with Crippen molar-refractivity contribution in [1.29, 1.82) is 0 Å². The van der Waals surface area contributed by atoms with Gasteiger partial charge in [-0.2, -0.15) is 0 Å². The highest BCUT2D eigenvalue weighted by Gasteiger charge is 2.20. The standard InChI is InChI=1S/C10H19NO4/c1-5-15-10(13)6-11(8(2)3)9(12)7-14-4/h8H,5-7H2,1-4H3. The van der Waals surface area contributed by atoms with Crippen LogP contribution in [0.1, 0.15) is 20.8 Å². The lowest BCUT2D eigenvalue weighted by atomic mass is 10.3. The van der Waals surface area contributed by atoms with E-state index in [0.29, 0.717) is 6.61 Å². The first-order valence-electron chi connectivity index (χ1n) is 4.96. The molecule has 0 saturated carbocycles. The molecule has 0 aliphatic heterocycles. The van der Waals surface area contributed by atoms with Crippen LogP contribution < -0.4 is 0 Å². The van der Waals surface area contributed by atoms with Crippen molar-refractivity contribution in [2.45, 2.75) is 26.8 Å². The van der Waals surface area contributed by atoms with Gasteiger partial charge >= 0.3 is 5.97 Å². The second-order valence-corrected chi connectivity index (χ2v) is 3.35. The summed E-state index contributed by atoms with van der Waals surface area (Å²) in [4.78, 5) is 24.2. The summed E-state index contributed by atoms with van der Waals surface area (Å²) >= 11 is 0. The quantitative estimate of drug-likeness (QED) is 0.605. The van der Waals surface area contributed by atoms with Crippen molar-refractivity contribution in [2.24, 2.45) is 0 Å². The van der Waals surface area contributed by atoms with Crippen LogP contribution in [-0.2, 0) is 19.1 Å². The number of amides is 1. The maximum absolute atomic E-state index is 11.5. The number of rotatable bonds is 6. The van der Waals surface area contributed by atoms with E-state index in [-0.39, 0.29) is 25.1 Å². The fourth-order valence-electron chi connectivity index (χ4n) is 1.11. The maximum atomic E-state index is 11.5. The summed E-state index contributed by atoms with van der Waals surface area (Å²) in [5.74, 6) is -0.601. The van der Waals surface area contributed by atoms with E-state index in [1.54, 1.807) is 6.92 Å². The maximum Gasteiger partial charge on any atom is 0.325 e. The normalized spacial score (nSPS) is 10.2. The smallest absolute Gasteiger partial charge is 0.325 e. The van der Waals surface area contributed by atoms with Gasteiger partial charge in [0.25, 0.3) is 0 Å². The molecule has 0 aromatic rings. The highest BCUT2D eigenvalue weighted by molar-refractivity contribution is 5.83. The van der Waals surface area contributed by atoms with E-state index in [9.17, 15) is 9.59 Å². The van der Waals surface area contributed by atoms with Crippen molar-refractivity contribution in [1.82, 2.24) is 4.90 Å². The molecule has 5 heteroatoms. The highest BCUT2D eigenvalue weighted by atomic mass is 16.5. The van der Waals surface area contributed by atoms with Gasteiger partial charge in [0, 0.05) is 13.2 Å². The molecule has 88 valence electrons. The molecule has 0 atom stereocenters. The summed E-state index contributed by atoms with van der Waals surface area (Å²) in [6.07, 6.45) is 0. The second-order valence-electron chi connectivity index (χ2n) is 3.35. The third-order valence-electron chi connectivity index (χ3n) is 1.82. The topological polar surface area (TPSA) is 55.8 Å². The molecule has 0 spiro atoms. The van der Waals surface area contributed by atoms with Crippen molar-refractivity contribution >= 4 is 11.9 Å². The first kappa shape index (κ1) is 13.9. The Hall–Kier alpha value is -1.10. The number of methoxy groups -OCH3 is 1. The number of esters is 1. The van der Waals surface area contributed by atoms with Crippen molar-refractivity contribution in [3.8, 4) is 0 Å². The van der Waals surface area contributed by atoms with Crippen LogP contribution in [-0.4, -0.2) is 49.7 Å². The Kier molecular flexibility index (Phi) is 6.70. The average molecular weight is 217 g/mol. The molecule has 1 amide bonds. The molecule has 0 aliphatic carbocycles. The van der Waals surface area contributed by atoms with Crippen LogP contribution in [0, 0.1) is 0 Å². The Morgan fingerprint density at radius 2 is 1.93 bits per heavy atom. The van der Waals surface area contributed by atoms with E-state index in [1.165, 1.54) is 12.0 Å². The molecule has 0 bridgehead atoms. The molecule has 5 nitrogen and oxygen atoms in total. The fraction of sp³-hybridized carbons (Fsp3) is 0.800. The zero-order valence-electron chi connectivity index (χ0n) is 9.78. The summed E-state index contributed by atoms with van der Waals surface area (Å²) in [5.41, 5.74) is 0. The summed E-state index contributed by atoms with van der Waals surface area (Å²) in [7, 11) is 1.45. The van der Waals surface area contributed by atoms with Gasteiger partial charge in [-0.25, -0.2) is 0 Å². The number of hydrogen-bond donors (Lipinski definition) is 0. The van der Waals surface area contributed by atoms with Gasteiger partial charge in [0.05, 0.1) is 6.61 Å². The van der Waals surface area contributed by atoms with Gasteiger partial charge in [-0.05, 0) is 20.8 Å². The first-order valence-corrected chi connectivity index (χ1v) is 4.96. The minimum Gasteiger partial charge on any atom is -0.465 e. The monoisotopic (exact) mass is 217 g/mol. The molecule has 0 aliphatic rings. The lowest BCUT2D eigenvalue weighted by Crippen LogP contribution is -2.43. The fourth-order valence-corrected chi connectivity index (χ4v) is 1.11. The molecule has 0 fully saturated rings. The number of nitrogens with zero attached hydrogens (tertiary/aromatic N) is 1. The molecule has 15 heavy (non-hydrogen) atoms. The summed E-state index contributed by atoms with van der Waals surface area (Å²) in [6.45, 7) is 5.70. The Morgan fingerprint density at radius 1 is 1.33 bits per heavy atom. The van der Waals surface area contributed by atoms with Gasteiger partial charge in [-0.15, -0.1) is 0 Å². The Bertz CT molecular complexity index is 215. The van der Waals surface area contributed by atoms with Crippen molar-refractivity contribution < 1.29 is 19.1 Å². The number of carbonyl (C=O) groups is 2. The molecular weight excluding hydrogens is 198 g/mol. The largest absolute Gasteiger partial charge is 0.465 e. The second kappa shape index (κ2) is 7.23. The summed E-state index contributed by atoms with van der Waals surface area (Å²) in [5, 5.41) is 0. The van der Waals surface area contributed by atoms with Crippen LogP contribution in [0.15, 0.2) is 0 Å². The van der Waals surface area contributed by atoms with E-state index in [1.807, 2.05) is 13.8 Å². The predicted octanol–water partition coefficient (Wildman–Crippen LogP) is 0.433. The van der Waals surface area contributed by atoms with Gasteiger partial charge in [-0.3, -0.25) is 9.59 Å². The predicted molar refractivity (Wildman–Crippen MR) is 55.4 cm³/mol. The molecule has 0 heterocycles. The van der Waals surface area contributed by atoms with Crippen molar-refractivity contribution in [2.75, 3.05) is 26.9 Å². The van der Waals surface area contributed by atoms with Gasteiger partial charge in [0.15, 0.2) is 0 Å². The van der Waals surface area contributed by atoms with E-state index in [4.69, 9.17) is 9.47 Å². The van der Waals surface area contributed by atoms with Crippen LogP contribution >= 0.6 is 0 Å². The van der Waals surface area contributed by atoms with E-state index >= 15 is 0 Å². The molecule has 0 aromatic heterocycles. The van der Waals surface area contributed by atoms with Crippen molar-refractivity contribution in [3.05, 3.63) is 0 Å². The lowest BCUT2D eigenvalue weighted by Gasteiger charge is -2.25. The van der Waals surface area contributed by atoms with E-state index in [0.717, 1.165) is 0 Å². The van der Waals surface area contributed by atoms with Crippen LogP contribution in [0.3, 0.4) is 0 Å². The lowest BCUT2D eigenvalue weighted by molar-refractivity contribution is -0.151. The Balaban J connectivity index is 4.27. The molecular formula is C10H19NO4. The van der Waals surface area contributed by atoms with Crippen molar-refractivity contribution in [3.63, 3.8) is 0 Å². The van der Waals surface area contributed by atoms with Crippen LogP contribution in [0.25, 0.3) is 0 Å². The Labute approximate surface area is 90.3 Å². The molecule has 0 aromatic carbocycles. The number of carbonyl (C=O) groups excluding carboxylic acids is 2. The first-order chi connectivity index (χ1) is 7.02. The highest BCUT2D eigenvalue weighted by Crippen LogP contribution is 2.00. The summed E-state index contributed by atoms with van der Waals surface area (Å²) in [6, 6.07) is -0.0444. The Morgan fingerprint density at radius 3 is 2.33 bits per heavy atom.